The van der Waals surface area contributed by atoms with Gasteiger partial charge in [-0.15, -0.1) is 0 Å². The number of aromatic nitrogens is 4. The van der Waals surface area contributed by atoms with Crippen LogP contribution in [0.5, 0.6) is 0 Å². The van der Waals surface area contributed by atoms with E-state index in [1.807, 2.05) is 34.6 Å². The molecule has 2 N–H and O–H groups in total. The van der Waals surface area contributed by atoms with Crippen molar-refractivity contribution >= 4 is 43.7 Å². The molecule has 9 nitrogen and oxygen atoms in total. The monoisotopic (exact) mass is 526 g/mol. The maximum Gasteiger partial charge on any atom is 0.264 e. The van der Waals surface area contributed by atoms with E-state index in [-0.39, 0.29) is 11.5 Å². The molecular weight excluding hydrogens is 508 g/mol. The van der Waals surface area contributed by atoms with Crippen molar-refractivity contribution in [3.05, 3.63) is 75.1 Å². The summed E-state index contributed by atoms with van der Waals surface area (Å²) in [6, 6.07) is 15.7. The van der Waals surface area contributed by atoms with Crippen LogP contribution >= 0.6 is 15.9 Å². The Labute approximate surface area is 199 Å². The summed E-state index contributed by atoms with van der Waals surface area (Å²) < 4.78 is 15.7. The van der Waals surface area contributed by atoms with Gasteiger partial charge in [-0.1, -0.05) is 12.1 Å². The molecule has 0 bridgehead atoms. The molecule has 2 aromatic carbocycles. The standard InChI is InChI=1S/C22H19BrN6O3S/c23-21-17-6-5-16(13-19(17)25-27-21)33(32)29-11-9-28(10-12-29)22(31)15-3-1-14(2-4-15)18-7-8-20(30)26-24-18/h1-8,13H,9-12H2,(H,25,27)(H,26,30). The lowest BCUT2D eigenvalue weighted by molar-refractivity contribution is 0.0701. The molecule has 5 rings (SSSR count). The van der Waals surface area contributed by atoms with Gasteiger partial charge < -0.3 is 4.90 Å². The molecule has 1 atom stereocenters. The van der Waals surface area contributed by atoms with Gasteiger partial charge in [0.15, 0.2) is 0 Å². The molecule has 4 aromatic rings. The van der Waals surface area contributed by atoms with Crippen molar-refractivity contribution in [1.82, 2.24) is 29.6 Å². The number of fused-ring (bicyclic) bond motifs is 1. The van der Waals surface area contributed by atoms with Gasteiger partial charge in [-0.25, -0.2) is 13.6 Å². The van der Waals surface area contributed by atoms with E-state index < -0.39 is 11.0 Å². The van der Waals surface area contributed by atoms with Crippen LogP contribution in [0.1, 0.15) is 10.4 Å². The van der Waals surface area contributed by atoms with Crippen molar-refractivity contribution in [2.75, 3.05) is 26.2 Å². The molecule has 2 aromatic heterocycles. The highest BCUT2D eigenvalue weighted by atomic mass is 79.9. The first-order valence-electron chi connectivity index (χ1n) is 10.3. The van der Waals surface area contributed by atoms with Gasteiger partial charge in [-0.3, -0.25) is 14.7 Å². The molecule has 1 amide bonds. The van der Waals surface area contributed by atoms with E-state index in [2.05, 4.69) is 36.3 Å². The highest BCUT2D eigenvalue weighted by molar-refractivity contribution is 9.10. The Morgan fingerprint density at radius 2 is 1.70 bits per heavy atom. The first-order valence-corrected chi connectivity index (χ1v) is 12.2. The Hall–Kier alpha value is -3.15. The van der Waals surface area contributed by atoms with Crippen molar-refractivity contribution in [2.45, 2.75) is 4.90 Å². The van der Waals surface area contributed by atoms with Gasteiger partial charge in [-0.05, 0) is 52.3 Å². The first-order chi connectivity index (χ1) is 16.0. The van der Waals surface area contributed by atoms with E-state index in [1.165, 1.54) is 6.07 Å². The zero-order chi connectivity index (χ0) is 22.9. The second-order valence-corrected chi connectivity index (χ2v) is 9.85. The van der Waals surface area contributed by atoms with Gasteiger partial charge in [-0.2, -0.15) is 10.2 Å². The number of amides is 1. The zero-order valence-corrected chi connectivity index (χ0v) is 19.7. The molecule has 1 aliphatic rings. The van der Waals surface area contributed by atoms with Crippen molar-refractivity contribution in [3.63, 3.8) is 0 Å². The predicted molar refractivity (Wildman–Crippen MR) is 128 cm³/mol. The minimum absolute atomic E-state index is 0.0656. The molecule has 0 aliphatic carbocycles. The van der Waals surface area contributed by atoms with Crippen molar-refractivity contribution in [1.29, 1.82) is 0 Å². The highest BCUT2D eigenvalue weighted by Crippen LogP contribution is 2.24. The van der Waals surface area contributed by atoms with Crippen LogP contribution in [0.15, 0.2) is 68.9 Å². The lowest BCUT2D eigenvalue weighted by Gasteiger charge is -2.33. The summed E-state index contributed by atoms with van der Waals surface area (Å²) in [6.45, 7) is 2.01. The number of nitrogens with one attached hydrogen (secondary N) is 2. The van der Waals surface area contributed by atoms with Crippen molar-refractivity contribution in [2.24, 2.45) is 0 Å². The van der Waals surface area contributed by atoms with Crippen molar-refractivity contribution < 1.29 is 9.00 Å². The second-order valence-electron chi connectivity index (χ2n) is 7.57. The Kier molecular flexibility index (Phi) is 5.92. The van der Waals surface area contributed by atoms with Crippen LogP contribution < -0.4 is 5.56 Å². The molecular formula is C22H19BrN6O3S. The Balaban J connectivity index is 1.22. The van der Waals surface area contributed by atoms with Crippen LogP contribution in [-0.2, 0) is 11.0 Å². The number of halogens is 1. The van der Waals surface area contributed by atoms with Crippen LogP contribution in [0.4, 0.5) is 0 Å². The van der Waals surface area contributed by atoms with E-state index in [1.54, 1.807) is 23.1 Å². The number of H-pyrrole nitrogens is 2. The third-order valence-electron chi connectivity index (χ3n) is 5.55. The lowest BCUT2D eigenvalue weighted by Crippen LogP contribution is -2.49. The maximum absolute atomic E-state index is 13.0. The van der Waals surface area contributed by atoms with E-state index in [9.17, 15) is 13.8 Å². The zero-order valence-electron chi connectivity index (χ0n) is 17.3. The van der Waals surface area contributed by atoms with Crippen LogP contribution in [0.25, 0.3) is 22.2 Å². The van der Waals surface area contributed by atoms with Gasteiger partial charge in [0.05, 0.1) is 16.1 Å². The fourth-order valence-corrected chi connectivity index (χ4v) is 5.36. The fraction of sp³-hybridized carbons (Fsp3) is 0.182. The number of piperazine rings is 1. The Morgan fingerprint density at radius 1 is 0.939 bits per heavy atom. The molecule has 1 unspecified atom stereocenters. The summed E-state index contributed by atoms with van der Waals surface area (Å²) in [7, 11) is -1.32. The van der Waals surface area contributed by atoms with Crippen LogP contribution in [0.2, 0.25) is 0 Å². The molecule has 33 heavy (non-hydrogen) atoms. The fourth-order valence-electron chi connectivity index (χ4n) is 3.75. The average molecular weight is 527 g/mol. The quantitative estimate of drug-likeness (QED) is 0.424. The topological polar surface area (TPSA) is 115 Å². The molecule has 1 saturated heterocycles. The lowest BCUT2D eigenvalue weighted by atomic mass is 10.1. The number of rotatable bonds is 4. The summed E-state index contributed by atoms with van der Waals surface area (Å²) in [4.78, 5) is 26.6. The predicted octanol–water partition coefficient (Wildman–Crippen LogP) is 2.56. The van der Waals surface area contributed by atoms with Gasteiger partial charge in [0.1, 0.15) is 15.6 Å². The minimum Gasteiger partial charge on any atom is -0.336 e. The number of hydrogen-bond acceptors (Lipinski definition) is 5. The summed E-state index contributed by atoms with van der Waals surface area (Å²) in [5.74, 6) is -0.0656. The number of carbonyl (C=O) groups excluding carboxylic acids is 1. The van der Waals surface area contributed by atoms with Gasteiger partial charge in [0.25, 0.3) is 11.5 Å². The smallest absolute Gasteiger partial charge is 0.264 e. The number of hydrogen-bond donors (Lipinski definition) is 2. The van der Waals surface area contributed by atoms with E-state index in [0.717, 1.165) is 21.1 Å². The van der Waals surface area contributed by atoms with Gasteiger partial charge >= 0.3 is 0 Å². The molecule has 0 spiro atoms. The SMILES string of the molecule is O=C(c1ccc(-c2ccc(=O)[nH]n2)cc1)N1CCN(S(=O)c2ccc3c(Br)[nH]nc3c2)CC1. The summed E-state index contributed by atoms with van der Waals surface area (Å²) in [5, 5.41) is 14.4. The molecule has 0 radical (unpaired) electrons. The number of nitrogens with zero attached hydrogens (tertiary/aromatic N) is 4. The molecule has 0 saturated carbocycles. The second kappa shape index (κ2) is 9.00. The number of aromatic amines is 2. The van der Waals surface area contributed by atoms with E-state index in [0.29, 0.717) is 42.3 Å². The Bertz CT molecular complexity index is 1390. The molecule has 11 heteroatoms. The van der Waals surface area contributed by atoms with Gasteiger partial charge in [0.2, 0.25) is 0 Å². The highest BCUT2D eigenvalue weighted by Gasteiger charge is 2.26. The minimum atomic E-state index is -1.32. The van der Waals surface area contributed by atoms with Crippen LogP contribution in [-0.4, -0.2) is 65.9 Å². The van der Waals surface area contributed by atoms with E-state index in [4.69, 9.17) is 0 Å². The van der Waals surface area contributed by atoms with Crippen LogP contribution in [0, 0.1) is 0 Å². The molecule has 168 valence electrons. The third kappa shape index (κ3) is 4.39. The first kappa shape index (κ1) is 21.7. The van der Waals surface area contributed by atoms with E-state index >= 15 is 0 Å². The summed E-state index contributed by atoms with van der Waals surface area (Å²) in [6.07, 6.45) is 0. The third-order valence-corrected chi connectivity index (χ3v) is 7.64. The number of carbonyl (C=O) groups is 1. The molecule has 1 fully saturated rings. The van der Waals surface area contributed by atoms with Crippen molar-refractivity contribution in [3.8, 4) is 11.3 Å². The normalized spacial score (nSPS) is 15.6. The molecule has 3 heterocycles. The van der Waals surface area contributed by atoms with Crippen LogP contribution in [0.3, 0.4) is 0 Å². The summed E-state index contributed by atoms with van der Waals surface area (Å²) in [5.41, 5.74) is 2.50. The maximum atomic E-state index is 13.0. The summed E-state index contributed by atoms with van der Waals surface area (Å²) >= 11 is 3.41. The average Bonchev–Trinajstić information content (AvgIpc) is 3.24. The Morgan fingerprint density at radius 3 is 2.39 bits per heavy atom. The van der Waals surface area contributed by atoms with Gasteiger partial charge in [0, 0.05) is 48.8 Å². The molecule has 1 aliphatic heterocycles. The largest absolute Gasteiger partial charge is 0.336 e. The number of benzene rings is 2.